The number of piperidine rings is 1. The van der Waals surface area contributed by atoms with Crippen molar-refractivity contribution in [3.63, 3.8) is 0 Å². The first kappa shape index (κ1) is 12.5. The van der Waals surface area contributed by atoms with Crippen LogP contribution in [0.15, 0.2) is 0 Å². The first-order valence-electron chi connectivity index (χ1n) is 5.86. The molecule has 0 aromatic rings. The van der Waals surface area contributed by atoms with Gasteiger partial charge in [0.25, 0.3) is 0 Å². The van der Waals surface area contributed by atoms with E-state index in [-0.39, 0.29) is 17.4 Å². The lowest BCUT2D eigenvalue weighted by molar-refractivity contribution is -0.135. The number of hydrogen-bond donors (Lipinski definition) is 1. The molecule has 1 fully saturated rings. The molecule has 88 valence electrons. The summed E-state index contributed by atoms with van der Waals surface area (Å²) < 4.78 is 0. The zero-order chi connectivity index (χ0) is 11.6. The number of hydrogen-bond acceptors (Lipinski definition) is 2. The van der Waals surface area contributed by atoms with E-state index < -0.39 is 0 Å². The summed E-state index contributed by atoms with van der Waals surface area (Å²) in [7, 11) is 0. The van der Waals surface area contributed by atoms with E-state index in [0.717, 1.165) is 19.5 Å². The highest BCUT2D eigenvalue weighted by Crippen LogP contribution is 2.28. The maximum absolute atomic E-state index is 11.9. The highest BCUT2D eigenvalue weighted by Gasteiger charge is 2.35. The molecule has 1 saturated heterocycles. The Balaban J connectivity index is 2.55. The van der Waals surface area contributed by atoms with Gasteiger partial charge < -0.3 is 10.6 Å². The number of nitrogens with zero attached hydrogens (tertiary/aromatic N) is 1. The lowest BCUT2D eigenvalue weighted by atomic mass is 9.79. The van der Waals surface area contributed by atoms with E-state index in [1.54, 1.807) is 0 Å². The Hall–Kier alpha value is -0.570. The largest absolute Gasteiger partial charge is 0.342 e. The number of nitrogens with two attached hydrogens (primary N) is 1. The van der Waals surface area contributed by atoms with Crippen LogP contribution in [0, 0.1) is 11.3 Å². The molecule has 15 heavy (non-hydrogen) atoms. The molecule has 1 rings (SSSR count). The van der Waals surface area contributed by atoms with E-state index in [9.17, 15) is 4.79 Å². The number of rotatable bonds is 2. The van der Waals surface area contributed by atoms with Crippen LogP contribution in [0.2, 0.25) is 0 Å². The Labute approximate surface area is 93.0 Å². The van der Waals surface area contributed by atoms with E-state index >= 15 is 0 Å². The van der Waals surface area contributed by atoms with Gasteiger partial charge in [-0.15, -0.1) is 0 Å². The molecule has 1 heterocycles. The van der Waals surface area contributed by atoms with Crippen LogP contribution in [-0.4, -0.2) is 29.9 Å². The molecule has 0 radical (unpaired) electrons. The second-order valence-corrected chi connectivity index (χ2v) is 5.80. The molecule has 1 unspecified atom stereocenters. The highest BCUT2D eigenvalue weighted by molar-refractivity contribution is 5.76. The van der Waals surface area contributed by atoms with Gasteiger partial charge in [0.15, 0.2) is 0 Å². The Morgan fingerprint density at radius 1 is 1.53 bits per heavy atom. The molecule has 0 aliphatic carbocycles. The topological polar surface area (TPSA) is 46.3 Å². The van der Waals surface area contributed by atoms with Crippen molar-refractivity contribution in [1.29, 1.82) is 0 Å². The highest BCUT2D eigenvalue weighted by atomic mass is 16.2. The molecule has 1 atom stereocenters. The van der Waals surface area contributed by atoms with Gasteiger partial charge in [-0.3, -0.25) is 4.79 Å². The maximum atomic E-state index is 11.9. The monoisotopic (exact) mass is 212 g/mol. The molecule has 0 spiro atoms. The van der Waals surface area contributed by atoms with Gasteiger partial charge in [0.1, 0.15) is 0 Å². The summed E-state index contributed by atoms with van der Waals surface area (Å²) >= 11 is 0. The first-order valence-corrected chi connectivity index (χ1v) is 5.86. The lowest BCUT2D eigenvalue weighted by Crippen LogP contribution is -2.54. The molecular formula is C12H24N2O. The van der Waals surface area contributed by atoms with Crippen LogP contribution in [0.5, 0.6) is 0 Å². The van der Waals surface area contributed by atoms with Crippen molar-refractivity contribution in [2.45, 2.75) is 46.6 Å². The SMILES string of the molecule is CC(C)CC(=O)N1CCC(N)C(C)(C)C1. The van der Waals surface area contributed by atoms with Gasteiger partial charge in [0.05, 0.1) is 0 Å². The van der Waals surface area contributed by atoms with Crippen molar-refractivity contribution in [2.24, 2.45) is 17.1 Å². The van der Waals surface area contributed by atoms with Gasteiger partial charge in [0.2, 0.25) is 5.91 Å². The summed E-state index contributed by atoms with van der Waals surface area (Å²) in [5.41, 5.74) is 6.10. The molecule has 1 aliphatic rings. The minimum atomic E-state index is 0.0604. The molecule has 3 nitrogen and oxygen atoms in total. The minimum Gasteiger partial charge on any atom is -0.342 e. The van der Waals surface area contributed by atoms with Gasteiger partial charge in [-0.2, -0.15) is 0 Å². The van der Waals surface area contributed by atoms with E-state index in [2.05, 4.69) is 27.7 Å². The van der Waals surface area contributed by atoms with Crippen molar-refractivity contribution in [2.75, 3.05) is 13.1 Å². The normalized spacial score (nSPS) is 25.7. The molecule has 0 bridgehead atoms. The quantitative estimate of drug-likeness (QED) is 0.756. The number of amides is 1. The third-order valence-corrected chi connectivity index (χ3v) is 3.25. The average molecular weight is 212 g/mol. The fourth-order valence-electron chi connectivity index (χ4n) is 2.07. The predicted molar refractivity (Wildman–Crippen MR) is 62.4 cm³/mol. The van der Waals surface area contributed by atoms with E-state index in [1.807, 2.05) is 4.90 Å². The lowest BCUT2D eigenvalue weighted by Gasteiger charge is -2.42. The third-order valence-electron chi connectivity index (χ3n) is 3.25. The molecule has 3 heteroatoms. The number of carbonyl (C=O) groups excluding carboxylic acids is 1. The van der Waals surface area contributed by atoms with Crippen LogP contribution in [0.25, 0.3) is 0 Å². The van der Waals surface area contributed by atoms with Gasteiger partial charge in [-0.25, -0.2) is 0 Å². The summed E-state index contributed by atoms with van der Waals surface area (Å²) in [4.78, 5) is 13.9. The fraction of sp³-hybridized carbons (Fsp3) is 0.917. The van der Waals surface area contributed by atoms with Crippen LogP contribution in [0.1, 0.15) is 40.5 Å². The first-order chi connectivity index (χ1) is 6.83. The molecule has 0 aromatic heterocycles. The minimum absolute atomic E-state index is 0.0604. The van der Waals surface area contributed by atoms with Crippen LogP contribution >= 0.6 is 0 Å². The fourth-order valence-corrected chi connectivity index (χ4v) is 2.07. The number of likely N-dealkylation sites (tertiary alicyclic amines) is 1. The predicted octanol–water partition coefficient (Wildman–Crippen LogP) is 1.62. The zero-order valence-electron chi connectivity index (χ0n) is 10.4. The smallest absolute Gasteiger partial charge is 0.222 e. The van der Waals surface area contributed by atoms with Crippen molar-refractivity contribution < 1.29 is 4.79 Å². The number of carbonyl (C=O) groups is 1. The zero-order valence-corrected chi connectivity index (χ0v) is 10.4. The Morgan fingerprint density at radius 3 is 2.60 bits per heavy atom. The van der Waals surface area contributed by atoms with Gasteiger partial charge in [-0.05, 0) is 17.8 Å². The standard InChI is InChI=1S/C12H24N2O/c1-9(2)7-11(15)14-6-5-10(13)12(3,4)8-14/h9-10H,5-8,13H2,1-4H3. The van der Waals surface area contributed by atoms with Crippen molar-refractivity contribution >= 4 is 5.91 Å². The van der Waals surface area contributed by atoms with E-state index in [4.69, 9.17) is 5.73 Å². The van der Waals surface area contributed by atoms with Gasteiger partial charge in [0, 0.05) is 25.6 Å². The Bertz CT molecular complexity index is 236. The molecule has 0 aromatic carbocycles. The van der Waals surface area contributed by atoms with Crippen molar-refractivity contribution in [3.05, 3.63) is 0 Å². The molecule has 2 N–H and O–H groups in total. The van der Waals surface area contributed by atoms with Crippen LogP contribution in [-0.2, 0) is 4.79 Å². The summed E-state index contributed by atoms with van der Waals surface area (Å²) in [5.74, 6) is 0.723. The molecule has 0 saturated carbocycles. The third kappa shape index (κ3) is 3.20. The molecular weight excluding hydrogens is 188 g/mol. The van der Waals surface area contributed by atoms with E-state index in [0.29, 0.717) is 12.3 Å². The summed E-state index contributed by atoms with van der Waals surface area (Å²) in [5, 5.41) is 0. The Kier molecular flexibility index (Phi) is 3.77. The Morgan fingerprint density at radius 2 is 2.13 bits per heavy atom. The second kappa shape index (κ2) is 4.52. The van der Waals surface area contributed by atoms with Gasteiger partial charge in [-0.1, -0.05) is 27.7 Å². The van der Waals surface area contributed by atoms with Crippen molar-refractivity contribution in [1.82, 2.24) is 4.90 Å². The average Bonchev–Trinajstić information content (AvgIpc) is 2.08. The van der Waals surface area contributed by atoms with Crippen LogP contribution < -0.4 is 5.73 Å². The summed E-state index contributed by atoms with van der Waals surface area (Å²) in [6, 6.07) is 0.223. The summed E-state index contributed by atoms with van der Waals surface area (Å²) in [6.45, 7) is 10.1. The molecule has 1 aliphatic heterocycles. The summed E-state index contributed by atoms with van der Waals surface area (Å²) in [6.07, 6.45) is 1.59. The second-order valence-electron chi connectivity index (χ2n) is 5.80. The van der Waals surface area contributed by atoms with E-state index in [1.165, 1.54) is 0 Å². The van der Waals surface area contributed by atoms with Crippen LogP contribution in [0.3, 0.4) is 0 Å². The maximum Gasteiger partial charge on any atom is 0.222 e. The van der Waals surface area contributed by atoms with Gasteiger partial charge >= 0.3 is 0 Å². The van der Waals surface area contributed by atoms with Crippen LogP contribution in [0.4, 0.5) is 0 Å². The molecule has 1 amide bonds. The van der Waals surface area contributed by atoms with Crippen molar-refractivity contribution in [3.8, 4) is 0 Å².